The number of amides is 3. The van der Waals surface area contributed by atoms with Crippen molar-refractivity contribution in [1.82, 2.24) is 16.1 Å². The predicted molar refractivity (Wildman–Crippen MR) is 177 cm³/mol. The van der Waals surface area contributed by atoms with Gasteiger partial charge in [0.05, 0.1) is 19.1 Å². The molecule has 12 heteroatoms. The van der Waals surface area contributed by atoms with Crippen LogP contribution in [0.1, 0.15) is 56.6 Å². The van der Waals surface area contributed by atoms with Crippen LogP contribution in [0.3, 0.4) is 0 Å². The van der Waals surface area contributed by atoms with Crippen molar-refractivity contribution in [3.8, 4) is 11.5 Å². The lowest BCUT2D eigenvalue weighted by atomic mass is 9.83. The summed E-state index contributed by atoms with van der Waals surface area (Å²) in [4.78, 5) is 40.5. The van der Waals surface area contributed by atoms with Crippen LogP contribution >= 0.6 is 28.5 Å². The number of hydroxylamine groups is 1. The summed E-state index contributed by atoms with van der Waals surface area (Å²) >= 11 is 2.03. The summed E-state index contributed by atoms with van der Waals surface area (Å²) in [7, 11) is 2.12. The molecule has 2 heterocycles. The van der Waals surface area contributed by atoms with Gasteiger partial charge in [-0.25, -0.2) is 10.1 Å². The van der Waals surface area contributed by atoms with Gasteiger partial charge in [-0.3, -0.25) is 14.4 Å². The van der Waals surface area contributed by atoms with Crippen LogP contribution in [0.15, 0.2) is 48.5 Å². The molecule has 42 heavy (non-hydrogen) atoms. The van der Waals surface area contributed by atoms with E-state index in [-0.39, 0.29) is 24.2 Å². The highest BCUT2D eigenvalue weighted by Gasteiger charge is 2.35. The zero-order chi connectivity index (χ0) is 30.2. The van der Waals surface area contributed by atoms with Crippen molar-refractivity contribution in [1.29, 1.82) is 0 Å². The molecule has 0 aliphatic carbocycles. The highest BCUT2D eigenvalue weighted by molar-refractivity contribution is 14.2. The number of fused-ring (bicyclic) bond motifs is 11. The largest absolute Gasteiger partial charge is 0.494 e. The zero-order valence-corrected chi connectivity index (χ0v) is 27.6. The topological polar surface area (TPSA) is 115 Å². The van der Waals surface area contributed by atoms with Gasteiger partial charge < -0.3 is 20.1 Å². The van der Waals surface area contributed by atoms with Crippen LogP contribution < -0.4 is 25.6 Å². The molecule has 4 rings (SSSR count). The Hall–Kier alpha value is -2.37. The lowest BCUT2D eigenvalue weighted by Gasteiger charge is -2.28. The molecule has 2 bridgehead atoms. The van der Waals surface area contributed by atoms with E-state index in [1.54, 1.807) is 0 Å². The highest BCUT2D eigenvalue weighted by atomic mass is 127. The lowest BCUT2D eigenvalue weighted by Crippen LogP contribution is -2.51. The number of hydrogen-bond donors (Lipinski definition) is 3. The van der Waals surface area contributed by atoms with Crippen LogP contribution in [-0.4, -0.2) is 44.8 Å². The van der Waals surface area contributed by atoms with E-state index < -0.39 is 17.9 Å². The smallest absolute Gasteiger partial charge is 0.247 e. The standard InChI is InChI=1S/C30H42BIN3O6P/c1-2-3-6-25-26(29(37)35-41-42-32)7-4-17-39-23-12-8-21(9-13-23)19-27(34-28(25)36)30(38)33-20-22-10-14-24(15-11-22)40-18-5-16-31/h8-15,25-27,42H,2-7,16-20,31H2,1H3,(H,33,38)(H,34,36)(H,35,37)/t25-,26+,27+/m1/s1. The van der Waals surface area contributed by atoms with Gasteiger partial charge in [-0.15, -0.1) is 0 Å². The number of halogens is 1. The third-order valence-corrected chi connectivity index (χ3v) is 8.14. The first-order valence-corrected chi connectivity index (χ1v) is 18.8. The third-order valence-electron chi connectivity index (χ3n) is 7.30. The number of benzene rings is 2. The number of rotatable bonds is 13. The fraction of sp³-hybridized carbons (Fsp3) is 0.500. The maximum absolute atomic E-state index is 13.8. The zero-order valence-electron chi connectivity index (χ0n) is 24.5. The van der Waals surface area contributed by atoms with Gasteiger partial charge in [-0.1, -0.05) is 50.4 Å². The molecule has 9 nitrogen and oxygen atoms in total. The van der Waals surface area contributed by atoms with Gasteiger partial charge in [0.15, 0.2) is 0 Å². The van der Waals surface area contributed by atoms with Crippen molar-refractivity contribution in [3.05, 3.63) is 59.7 Å². The van der Waals surface area contributed by atoms with Gasteiger partial charge in [0.2, 0.25) is 17.7 Å². The van der Waals surface area contributed by atoms with E-state index >= 15 is 0 Å². The van der Waals surface area contributed by atoms with E-state index in [1.165, 1.54) is 0 Å². The molecule has 0 saturated heterocycles. The Morgan fingerprint density at radius 1 is 1.12 bits per heavy atom. The van der Waals surface area contributed by atoms with E-state index in [9.17, 15) is 14.4 Å². The van der Waals surface area contributed by atoms with E-state index in [2.05, 4.69) is 24.0 Å². The van der Waals surface area contributed by atoms with Crippen molar-refractivity contribution < 1.29 is 28.5 Å². The van der Waals surface area contributed by atoms with Crippen LogP contribution in [0.5, 0.6) is 11.5 Å². The van der Waals surface area contributed by atoms with Gasteiger partial charge in [0.1, 0.15) is 31.8 Å². The van der Waals surface area contributed by atoms with E-state index in [0.717, 1.165) is 48.2 Å². The molecule has 1 unspecified atom stereocenters. The van der Waals surface area contributed by atoms with E-state index in [1.807, 2.05) is 77.5 Å². The Bertz CT molecular complexity index is 1130. The van der Waals surface area contributed by atoms with Gasteiger partial charge >= 0.3 is 0 Å². The second kappa shape index (κ2) is 19.0. The summed E-state index contributed by atoms with van der Waals surface area (Å²) in [5, 5.41) is 6.00. The Kier molecular flexibility index (Phi) is 15.5. The quantitative estimate of drug-likeness (QED) is 0.0933. The molecule has 3 N–H and O–H groups in total. The Morgan fingerprint density at radius 3 is 2.57 bits per heavy atom. The van der Waals surface area contributed by atoms with Crippen molar-refractivity contribution >= 4 is 54.1 Å². The molecular weight excluding hydrogens is 667 g/mol. The molecule has 228 valence electrons. The maximum Gasteiger partial charge on any atom is 0.247 e. The van der Waals surface area contributed by atoms with Gasteiger partial charge in [-0.2, -0.15) is 0 Å². The number of unbranched alkanes of at least 4 members (excludes halogenated alkanes) is 1. The summed E-state index contributed by atoms with van der Waals surface area (Å²) in [6, 6.07) is 14.4. The minimum Gasteiger partial charge on any atom is -0.494 e. The van der Waals surface area contributed by atoms with Crippen LogP contribution in [0, 0.1) is 11.8 Å². The first-order valence-electron chi connectivity index (χ1n) is 14.8. The summed E-state index contributed by atoms with van der Waals surface area (Å²) in [6.07, 6.45) is 5.61. The number of carbonyl (C=O) groups excluding carboxylic acids is 3. The molecule has 2 aromatic rings. The summed E-state index contributed by atoms with van der Waals surface area (Å²) in [5.41, 5.74) is 4.32. The van der Waals surface area contributed by atoms with Crippen LogP contribution in [-0.2, 0) is 32.0 Å². The fourth-order valence-corrected chi connectivity index (χ4v) is 5.36. The summed E-state index contributed by atoms with van der Waals surface area (Å²) < 4.78 is 16.8. The Morgan fingerprint density at radius 2 is 1.88 bits per heavy atom. The lowest BCUT2D eigenvalue weighted by molar-refractivity contribution is -0.140. The predicted octanol–water partition coefficient (Wildman–Crippen LogP) is 4.44. The molecule has 0 radical (unpaired) electrons. The van der Waals surface area contributed by atoms with Crippen molar-refractivity contribution in [2.45, 2.75) is 70.8 Å². The molecule has 2 aliphatic heterocycles. The first-order chi connectivity index (χ1) is 20.4. The number of hydrogen-bond acceptors (Lipinski definition) is 6. The number of carbonyl (C=O) groups is 3. The fourth-order valence-electron chi connectivity index (χ4n) is 4.89. The van der Waals surface area contributed by atoms with Gasteiger partial charge in [-0.05, 0) is 83.1 Å². The Labute approximate surface area is 264 Å². The minimum absolute atomic E-state index is 0.0543. The first kappa shape index (κ1) is 34.1. The normalized spacial score (nSPS) is 19.5. The average Bonchev–Trinajstić information content (AvgIpc) is 3.00. The number of ether oxygens (including phenoxy) is 2. The molecule has 0 spiro atoms. The molecule has 0 aromatic heterocycles. The monoisotopic (exact) mass is 709 g/mol. The third kappa shape index (κ3) is 11.4. The SMILES string of the molecule is BCCCOc1ccc(CNC(=O)[C@@H]2Cc3ccc(cc3)OCCC[C@H](C(=O)NOPI)[C@@H](CCCC)C(=O)N2)cc1. The maximum atomic E-state index is 13.8. The summed E-state index contributed by atoms with van der Waals surface area (Å²) in [6.45, 7) is 3.52. The van der Waals surface area contributed by atoms with E-state index in [0.29, 0.717) is 45.4 Å². The highest BCUT2D eigenvalue weighted by Crippen LogP contribution is 2.27. The average molecular weight is 709 g/mol. The molecule has 0 fully saturated rings. The minimum atomic E-state index is -0.816. The van der Waals surface area contributed by atoms with Crippen molar-refractivity contribution in [2.75, 3.05) is 13.2 Å². The molecule has 4 atom stereocenters. The Balaban J connectivity index is 1.79. The van der Waals surface area contributed by atoms with Gasteiger partial charge in [0, 0.05) is 18.9 Å². The van der Waals surface area contributed by atoms with Gasteiger partial charge in [0.25, 0.3) is 0 Å². The molecule has 3 amide bonds. The van der Waals surface area contributed by atoms with Crippen molar-refractivity contribution in [2.24, 2.45) is 11.8 Å². The molecule has 0 saturated carbocycles. The van der Waals surface area contributed by atoms with Crippen LogP contribution in [0.2, 0.25) is 6.32 Å². The van der Waals surface area contributed by atoms with E-state index in [4.69, 9.17) is 14.1 Å². The van der Waals surface area contributed by atoms with Crippen LogP contribution in [0.4, 0.5) is 0 Å². The molecular formula is C30H42BIN3O6P. The second-order valence-electron chi connectivity index (χ2n) is 10.5. The summed E-state index contributed by atoms with van der Waals surface area (Å²) in [5.74, 6) is -0.614. The molecule has 2 aliphatic rings. The number of nitrogens with one attached hydrogen (secondary N) is 3. The van der Waals surface area contributed by atoms with Crippen LogP contribution in [0.25, 0.3) is 0 Å². The second-order valence-corrected chi connectivity index (χ2v) is 12.1. The molecule has 2 aromatic carbocycles. The van der Waals surface area contributed by atoms with Crippen molar-refractivity contribution in [3.63, 3.8) is 0 Å².